The van der Waals surface area contributed by atoms with Crippen molar-refractivity contribution in [3.05, 3.63) is 51.2 Å². The number of ether oxygens (including phenoxy) is 1. The van der Waals surface area contributed by atoms with Crippen LogP contribution < -0.4 is 5.32 Å². The van der Waals surface area contributed by atoms with Gasteiger partial charge in [-0.05, 0) is 49.6 Å². The number of benzene rings is 1. The van der Waals surface area contributed by atoms with E-state index in [0.29, 0.717) is 28.8 Å². The van der Waals surface area contributed by atoms with Gasteiger partial charge in [0.25, 0.3) is 5.91 Å². The number of thiophene rings is 1. The standard InChI is InChI=1S/C24H27ClN4O4S/c1-2-32-24(31)17-9-11-29(12-10-17)15-27-18-5-3-16(4-6-18)20-13-19(33-28-20)14-26-23(30)21-7-8-22(25)34-21/h3-8,15,17,19H,2,9-14H2,1H3,(H,26,30). The highest BCUT2D eigenvalue weighted by Gasteiger charge is 2.25. The van der Waals surface area contributed by atoms with Gasteiger partial charge in [0.15, 0.2) is 0 Å². The average molecular weight is 503 g/mol. The molecule has 3 heterocycles. The normalized spacial score (nSPS) is 18.6. The van der Waals surface area contributed by atoms with Crippen LogP contribution in [0.4, 0.5) is 5.69 Å². The summed E-state index contributed by atoms with van der Waals surface area (Å²) in [6.07, 6.45) is 3.82. The SMILES string of the molecule is CCOC(=O)C1CCN(C=Nc2ccc(C3=NOC(CNC(=O)c4ccc(Cl)s4)C3)cc2)CC1. The van der Waals surface area contributed by atoms with Crippen molar-refractivity contribution in [3.63, 3.8) is 0 Å². The number of likely N-dealkylation sites (tertiary alicyclic amines) is 1. The van der Waals surface area contributed by atoms with Gasteiger partial charge >= 0.3 is 5.97 Å². The number of aliphatic imine (C=N–C) groups is 1. The summed E-state index contributed by atoms with van der Waals surface area (Å²) >= 11 is 7.13. The number of hydrogen-bond donors (Lipinski definition) is 1. The Kier molecular flexibility index (Phi) is 8.18. The maximum atomic E-state index is 12.2. The Morgan fingerprint density at radius 3 is 2.71 bits per heavy atom. The van der Waals surface area contributed by atoms with Gasteiger partial charge in [-0.2, -0.15) is 0 Å². The van der Waals surface area contributed by atoms with Crippen molar-refractivity contribution in [3.8, 4) is 0 Å². The van der Waals surface area contributed by atoms with Crippen LogP contribution in [-0.4, -0.2) is 61.2 Å². The molecule has 2 aliphatic heterocycles. The molecule has 10 heteroatoms. The molecule has 1 aromatic carbocycles. The van der Waals surface area contributed by atoms with Crippen molar-refractivity contribution in [2.24, 2.45) is 16.1 Å². The van der Waals surface area contributed by atoms with Gasteiger partial charge in [0.1, 0.15) is 6.10 Å². The van der Waals surface area contributed by atoms with E-state index < -0.39 is 0 Å². The summed E-state index contributed by atoms with van der Waals surface area (Å²) in [5.74, 6) is -0.267. The molecule has 0 spiro atoms. The van der Waals surface area contributed by atoms with E-state index >= 15 is 0 Å². The van der Waals surface area contributed by atoms with E-state index in [1.165, 1.54) is 11.3 Å². The molecule has 1 unspecified atom stereocenters. The highest BCUT2D eigenvalue weighted by atomic mass is 35.5. The fourth-order valence-electron chi connectivity index (χ4n) is 3.84. The lowest BCUT2D eigenvalue weighted by atomic mass is 9.97. The molecule has 1 fully saturated rings. The largest absolute Gasteiger partial charge is 0.466 e. The molecule has 2 aliphatic rings. The number of hydrogen-bond acceptors (Lipinski definition) is 7. The van der Waals surface area contributed by atoms with Crippen LogP contribution in [0.15, 0.2) is 46.5 Å². The smallest absolute Gasteiger partial charge is 0.309 e. The minimum atomic E-state index is -0.204. The van der Waals surface area contributed by atoms with Gasteiger partial charge in [-0.1, -0.05) is 28.9 Å². The molecule has 0 bridgehead atoms. The van der Waals surface area contributed by atoms with Crippen molar-refractivity contribution < 1.29 is 19.2 Å². The number of amides is 1. The highest BCUT2D eigenvalue weighted by molar-refractivity contribution is 7.18. The number of carbonyl (C=O) groups is 2. The summed E-state index contributed by atoms with van der Waals surface area (Å²) in [6, 6.07) is 11.2. The summed E-state index contributed by atoms with van der Waals surface area (Å²) in [5, 5.41) is 7.05. The maximum absolute atomic E-state index is 12.2. The van der Waals surface area contributed by atoms with Crippen molar-refractivity contribution in [1.29, 1.82) is 0 Å². The van der Waals surface area contributed by atoms with Crippen LogP contribution in [-0.2, 0) is 14.4 Å². The number of nitrogens with zero attached hydrogens (tertiary/aromatic N) is 3. The van der Waals surface area contributed by atoms with Crippen molar-refractivity contribution in [2.45, 2.75) is 32.3 Å². The number of piperidine rings is 1. The number of esters is 1. The molecule has 1 N–H and O–H groups in total. The molecule has 2 aromatic rings. The van der Waals surface area contributed by atoms with E-state index in [9.17, 15) is 9.59 Å². The highest BCUT2D eigenvalue weighted by Crippen LogP contribution is 2.23. The van der Waals surface area contributed by atoms with Crippen LogP contribution in [0.25, 0.3) is 0 Å². The third-order valence-corrected chi connectivity index (χ3v) is 6.97. The molecule has 1 saturated heterocycles. The molecule has 8 nitrogen and oxygen atoms in total. The Balaban J connectivity index is 1.22. The van der Waals surface area contributed by atoms with Crippen LogP contribution in [0.2, 0.25) is 4.34 Å². The number of oxime groups is 1. The Morgan fingerprint density at radius 2 is 2.03 bits per heavy atom. The maximum Gasteiger partial charge on any atom is 0.309 e. The quantitative estimate of drug-likeness (QED) is 0.331. The third-order valence-electron chi connectivity index (χ3n) is 5.74. The first-order chi connectivity index (χ1) is 16.5. The van der Waals surface area contributed by atoms with Crippen LogP contribution >= 0.6 is 22.9 Å². The van der Waals surface area contributed by atoms with E-state index in [2.05, 4.69) is 20.4 Å². The molecule has 1 aromatic heterocycles. The Labute approximate surface area is 207 Å². The number of rotatable bonds is 8. The zero-order chi connectivity index (χ0) is 23.9. The number of nitrogens with one attached hydrogen (secondary N) is 1. The zero-order valence-electron chi connectivity index (χ0n) is 18.9. The van der Waals surface area contributed by atoms with Crippen LogP contribution in [0.1, 0.15) is 41.4 Å². The van der Waals surface area contributed by atoms with Gasteiger partial charge in [-0.25, -0.2) is 4.99 Å². The molecule has 0 saturated carbocycles. The van der Waals surface area contributed by atoms with E-state index in [0.717, 1.165) is 42.9 Å². The van der Waals surface area contributed by atoms with Crippen LogP contribution in [0, 0.1) is 5.92 Å². The van der Waals surface area contributed by atoms with E-state index in [4.69, 9.17) is 21.2 Å². The van der Waals surface area contributed by atoms with Gasteiger partial charge in [0.05, 0.1) is 46.0 Å². The molecular weight excluding hydrogens is 476 g/mol. The first-order valence-electron chi connectivity index (χ1n) is 11.3. The van der Waals surface area contributed by atoms with Gasteiger partial charge in [0, 0.05) is 19.5 Å². The monoisotopic (exact) mass is 502 g/mol. The molecule has 4 rings (SSSR count). The summed E-state index contributed by atoms with van der Waals surface area (Å²) in [6.45, 7) is 4.21. The predicted molar refractivity (Wildman–Crippen MR) is 133 cm³/mol. The van der Waals surface area contributed by atoms with Crippen LogP contribution in [0.5, 0.6) is 0 Å². The summed E-state index contributed by atoms with van der Waals surface area (Å²) < 4.78 is 5.70. The summed E-state index contributed by atoms with van der Waals surface area (Å²) in [7, 11) is 0. The lowest BCUT2D eigenvalue weighted by Gasteiger charge is -2.29. The number of halogens is 1. The van der Waals surface area contributed by atoms with E-state index in [-0.39, 0.29) is 23.9 Å². The second-order valence-electron chi connectivity index (χ2n) is 8.14. The van der Waals surface area contributed by atoms with Crippen molar-refractivity contribution >= 4 is 52.6 Å². The predicted octanol–water partition coefficient (Wildman–Crippen LogP) is 4.26. The Bertz CT molecular complexity index is 1060. The van der Waals surface area contributed by atoms with Gasteiger partial charge in [-0.3, -0.25) is 9.59 Å². The topological polar surface area (TPSA) is 92.6 Å². The molecule has 180 valence electrons. The van der Waals surface area contributed by atoms with E-state index in [1.54, 1.807) is 12.1 Å². The molecule has 34 heavy (non-hydrogen) atoms. The van der Waals surface area contributed by atoms with Gasteiger partial charge in [-0.15, -0.1) is 11.3 Å². The Hall–Kier alpha value is -2.91. The molecule has 1 atom stereocenters. The minimum absolute atomic E-state index is 0.00961. The fraction of sp³-hybridized carbons (Fsp3) is 0.417. The summed E-state index contributed by atoms with van der Waals surface area (Å²) in [5.41, 5.74) is 2.65. The molecule has 1 amide bonds. The van der Waals surface area contributed by atoms with Gasteiger partial charge in [0.2, 0.25) is 0 Å². The number of carbonyl (C=O) groups excluding carboxylic acids is 2. The minimum Gasteiger partial charge on any atom is -0.466 e. The molecule has 0 radical (unpaired) electrons. The average Bonchev–Trinajstić information content (AvgIpc) is 3.51. The lowest BCUT2D eigenvalue weighted by molar-refractivity contribution is -0.149. The fourth-order valence-corrected chi connectivity index (χ4v) is 4.80. The van der Waals surface area contributed by atoms with E-state index in [1.807, 2.05) is 37.5 Å². The first kappa shape index (κ1) is 24.2. The Morgan fingerprint density at radius 1 is 1.26 bits per heavy atom. The second kappa shape index (κ2) is 11.5. The van der Waals surface area contributed by atoms with Gasteiger partial charge < -0.3 is 19.8 Å². The lowest BCUT2D eigenvalue weighted by Crippen LogP contribution is -2.36. The first-order valence-corrected chi connectivity index (χ1v) is 12.5. The molecular formula is C24H27ClN4O4S. The van der Waals surface area contributed by atoms with Crippen LogP contribution in [0.3, 0.4) is 0 Å². The van der Waals surface area contributed by atoms with Crippen molar-refractivity contribution in [2.75, 3.05) is 26.2 Å². The molecule has 0 aliphatic carbocycles. The van der Waals surface area contributed by atoms with Crippen molar-refractivity contribution in [1.82, 2.24) is 10.2 Å². The third kappa shape index (κ3) is 6.36. The zero-order valence-corrected chi connectivity index (χ0v) is 20.5. The summed E-state index contributed by atoms with van der Waals surface area (Å²) in [4.78, 5) is 36.8. The second-order valence-corrected chi connectivity index (χ2v) is 9.85.